The minimum absolute atomic E-state index is 0.0349. The molecular weight excluding hydrogens is 252 g/mol. The Labute approximate surface area is 108 Å². The summed E-state index contributed by atoms with van der Waals surface area (Å²) in [5.74, 6) is -1.83. The molecule has 0 bridgehead atoms. The van der Waals surface area contributed by atoms with Gasteiger partial charge in [0, 0.05) is 6.07 Å². The summed E-state index contributed by atoms with van der Waals surface area (Å²) in [4.78, 5) is 46.4. The van der Waals surface area contributed by atoms with E-state index in [0.717, 1.165) is 11.0 Å². The lowest BCUT2D eigenvalue weighted by atomic mass is 10.1. The molecule has 0 saturated heterocycles. The van der Waals surface area contributed by atoms with Gasteiger partial charge in [-0.25, -0.2) is 0 Å². The van der Waals surface area contributed by atoms with Crippen molar-refractivity contribution in [2.24, 2.45) is 0 Å². The molecule has 19 heavy (non-hydrogen) atoms. The second-order valence-corrected chi connectivity index (χ2v) is 4.22. The number of nitro groups is 1. The first-order valence-corrected chi connectivity index (χ1v) is 5.52. The van der Waals surface area contributed by atoms with Gasteiger partial charge >= 0.3 is 0 Å². The number of nitrogens with zero attached hydrogens (tertiary/aromatic N) is 2. The van der Waals surface area contributed by atoms with E-state index in [9.17, 15) is 24.5 Å². The average Bonchev–Trinajstić information content (AvgIpc) is 2.61. The Kier molecular flexibility index (Phi) is 2.89. The van der Waals surface area contributed by atoms with Crippen molar-refractivity contribution in [3.63, 3.8) is 0 Å². The Balaban J connectivity index is 2.59. The van der Waals surface area contributed by atoms with Crippen LogP contribution in [0.15, 0.2) is 18.2 Å². The van der Waals surface area contributed by atoms with Gasteiger partial charge in [-0.3, -0.25) is 29.4 Å². The quantitative estimate of drug-likeness (QED) is 0.462. The van der Waals surface area contributed by atoms with Crippen molar-refractivity contribution in [3.8, 4) is 0 Å². The Bertz CT molecular complexity index is 623. The smallest absolute Gasteiger partial charge is 0.282 e. The van der Waals surface area contributed by atoms with Crippen LogP contribution in [0.25, 0.3) is 0 Å². The van der Waals surface area contributed by atoms with Crippen molar-refractivity contribution < 1.29 is 19.3 Å². The molecule has 0 aliphatic carbocycles. The number of ketones is 1. The van der Waals surface area contributed by atoms with Crippen LogP contribution >= 0.6 is 0 Å². The van der Waals surface area contributed by atoms with E-state index < -0.39 is 28.5 Å². The SMILES string of the molecule is CC(=O)C(C)N1C(=O)c2cccc([N+](=O)[O-])c2C1=O. The van der Waals surface area contributed by atoms with Crippen LogP contribution in [0.2, 0.25) is 0 Å². The number of hydrogen-bond donors (Lipinski definition) is 0. The highest BCUT2D eigenvalue weighted by molar-refractivity contribution is 6.24. The van der Waals surface area contributed by atoms with Crippen LogP contribution in [0.1, 0.15) is 34.6 Å². The molecule has 1 aliphatic rings. The summed E-state index contributed by atoms with van der Waals surface area (Å²) in [6.45, 7) is 2.67. The monoisotopic (exact) mass is 262 g/mol. The number of nitro benzene ring substituents is 1. The number of imide groups is 1. The second kappa shape index (κ2) is 4.27. The summed E-state index contributed by atoms with van der Waals surface area (Å²) in [6.07, 6.45) is 0. The standard InChI is InChI=1S/C12H10N2O5/c1-6(7(2)15)13-11(16)8-4-3-5-9(14(18)19)10(8)12(13)17/h3-6H,1-2H3. The molecule has 0 N–H and O–H groups in total. The van der Waals surface area contributed by atoms with E-state index in [1.165, 1.54) is 26.0 Å². The van der Waals surface area contributed by atoms with Gasteiger partial charge in [0.05, 0.1) is 16.5 Å². The summed E-state index contributed by atoms with van der Waals surface area (Å²) in [6, 6.07) is 2.90. The normalized spacial score (nSPS) is 15.4. The third kappa shape index (κ3) is 1.79. The van der Waals surface area contributed by atoms with E-state index >= 15 is 0 Å². The maximum atomic E-state index is 12.1. The van der Waals surface area contributed by atoms with Gasteiger partial charge in [-0.2, -0.15) is 0 Å². The highest BCUT2D eigenvalue weighted by Crippen LogP contribution is 2.31. The van der Waals surface area contributed by atoms with Crippen molar-refractivity contribution in [1.29, 1.82) is 0 Å². The zero-order chi connectivity index (χ0) is 14.3. The van der Waals surface area contributed by atoms with Crippen LogP contribution in [-0.2, 0) is 4.79 Å². The molecule has 2 rings (SSSR count). The number of fused-ring (bicyclic) bond motifs is 1. The lowest BCUT2D eigenvalue weighted by molar-refractivity contribution is -0.385. The zero-order valence-corrected chi connectivity index (χ0v) is 10.2. The molecule has 7 nitrogen and oxygen atoms in total. The van der Waals surface area contributed by atoms with E-state index in [1.54, 1.807) is 0 Å². The van der Waals surface area contributed by atoms with Gasteiger partial charge in [-0.05, 0) is 19.9 Å². The second-order valence-electron chi connectivity index (χ2n) is 4.22. The van der Waals surface area contributed by atoms with Crippen LogP contribution in [0.5, 0.6) is 0 Å². The van der Waals surface area contributed by atoms with Gasteiger partial charge in [0.1, 0.15) is 5.56 Å². The largest absolute Gasteiger partial charge is 0.298 e. The van der Waals surface area contributed by atoms with Crippen LogP contribution in [-0.4, -0.2) is 33.5 Å². The fourth-order valence-electron chi connectivity index (χ4n) is 1.97. The third-order valence-electron chi connectivity index (χ3n) is 3.10. The summed E-state index contributed by atoms with van der Waals surface area (Å²) < 4.78 is 0. The first-order valence-electron chi connectivity index (χ1n) is 5.52. The molecule has 1 aliphatic heterocycles. The average molecular weight is 262 g/mol. The van der Waals surface area contributed by atoms with Crippen LogP contribution in [0.3, 0.4) is 0 Å². The summed E-state index contributed by atoms with van der Waals surface area (Å²) >= 11 is 0. The highest BCUT2D eigenvalue weighted by atomic mass is 16.6. The van der Waals surface area contributed by atoms with E-state index in [0.29, 0.717) is 0 Å². The molecule has 0 fully saturated rings. The molecule has 0 aromatic heterocycles. The minimum Gasteiger partial charge on any atom is -0.298 e. The maximum Gasteiger partial charge on any atom is 0.282 e. The third-order valence-corrected chi connectivity index (χ3v) is 3.10. The van der Waals surface area contributed by atoms with Crippen molar-refractivity contribution in [2.75, 3.05) is 0 Å². The molecule has 7 heteroatoms. The predicted octanol–water partition coefficient (Wildman–Crippen LogP) is 1.17. The van der Waals surface area contributed by atoms with Gasteiger partial charge in [0.15, 0.2) is 5.78 Å². The molecular formula is C12H10N2O5. The van der Waals surface area contributed by atoms with E-state index in [2.05, 4.69) is 0 Å². The molecule has 1 aromatic carbocycles. The maximum absolute atomic E-state index is 12.1. The number of hydrogen-bond acceptors (Lipinski definition) is 5. The van der Waals surface area contributed by atoms with Gasteiger partial charge in [0.25, 0.3) is 17.5 Å². The van der Waals surface area contributed by atoms with E-state index in [1.807, 2.05) is 0 Å². The fourth-order valence-corrected chi connectivity index (χ4v) is 1.97. The Hall–Kier alpha value is -2.57. The molecule has 1 atom stereocenters. The number of amides is 2. The molecule has 1 aromatic rings. The number of benzene rings is 1. The lowest BCUT2D eigenvalue weighted by Crippen LogP contribution is -2.42. The van der Waals surface area contributed by atoms with E-state index in [4.69, 9.17) is 0 Å². The Morgan fingerprint density at radius 3 is 2.47 bits per heavy atom. The molecule has 98 valence electrons. The van der Waals surface area contributed by atoms with Crippen molar-refractivity contribution in [3.05, 3.63) is 39.4 Å². The number of carbonyl (C=O) groups is 3. The predicted molar refractivity (Wildman–Crippen MR) is 63.7 cm³/mol. The van der Waals surface area contributed by atoms with Gasteiger partial charge < -0.3 is 0 Å². The topological polar surface area (TPSA) is 97.6 Å². The summed E-state index contributed by atoms with van der Waals surface area (Å²) in [5, 5.41) is 10.9. The van der Waals surface area contributed by atoms with E-state index in [-0.39, 0.29) is 16.9 Å². The van der Waals surface area contributed by atoms with Crippen LogP contribution < -0.4 is 0 Å². The zero-order valence-electron chi connectivity index (χ0n) is 10.2. The number of Topliss-reactive ketones (excluding diaryl/α,β-unsaturated/α-hetero) is 1. The van der Waals surface area contributed by atoms with Gasteiger partial charge in [0.2, 0.25) is 0 Å². The highest BCUT2D eigenvalue weighted by Gasteiger charge is 2.43. The van der Waals surface area contributed by atoms with Gasteiger partial charge in [-0.15, -0.1) is 0 Å². The molecule has 0 spiro atoms. The Morgan fingerprint density at radius 1 is 1.32 bits per heavy atom. The minimum atomic E-state index is -0.938. The molecule has 0 saturated carbocycles. The molecule has 1 heterocycles. The molecule has 0 radical (unpaired) electrons. The Morgan fingerprint density at radius 2 is 1.95 bits per heavy atom. The number of carbonyl (C=O) groups excluding carboxylic acids is 3. The molecule has 1 unspecified atom stereocenters. The van der Waals surface area contributed by atoms with Crippen LogP contribution in [0, 0.1) is 10.1 Å². The van der Waals surface area contributed by atoms with Gasteiger partial charge in [-0.1, -0.05) is 6.07 Å². The first-order chi connectivity index (χ1) is 8.86. The fraction of sp³-hybridized carbons (Fsp3) is 0.250. The summed E-state index contributed by atoms with van der Waals surface area (Å²) in [5.41, 5.74) is -0.702. The number of rotatable bonds is 3. The molecule has 2 amide bonds. The van der Waals surface area contributed by atoms with Crippen molar-refractivity contribution in [2.45, 2.75) is 19.9 Å². The lowest BCUT2D eigenvalue weighted by Gasteiger charge is -2.19. The van der Waals surface area contributed by atoms with Crippen LogP contribution in [0.4, 0.5) is 5.69 Å². The van der Waals surface area contributed by atoms with Crippen molar-refractivity contribution >= 4 is 23.3 Å². The summed E-state index contributed by atoms with van der Waals surface area (Å²) in [7, 11) is 0. The first kappa shape index (κ1) is 12.9. The van der Waals surface area contributed by atoms with Crippen molar-refractivity contribution in [1.82, 2.24) is 4.90 Å².